The van der Waals surface area contributed by atoms with Crippen LogP contribution >= 0.6 is 0 Å². The summed E-state index contributed by atoms with van der Waals surface area (Å²) in [6, 6.07) is 0. The van der Waals surface area contributed by atoms with Gasteiger partial charge in [0.05, 0.1) is 6.54 Å². The van der Waals surface area contributed by atoms with Gasteiger partial charge in [0.1, 0.15) is 0 Å². The fourth-order valence-corrected chi connectivity index (χ4v) is 2.43. The fourth-order valence-electron chi connectivity index (χ4n) is 2.43. The average Bonchev–Trinajstić information content (AvgIpc) is 2.62. The Balaban J connectivity index is 2.47. The summed E-state index contributed by atoms with van der Waals surface area (Å²) in [6.45, 7) is 11.6. The van der Waals surface area contributed by atoms with E-state index in [4.69, 9.17) is 0 Å². The maximum Gasteiger partial charge on any atom is 0.236 e. The molecule has 5 heteroatoms. The van der Waals surface area contributed by atoms with Crippen molar-refractivity contribution in [3.63, 3.8) is 0 Å². The number of hydrogen-bond acceptors (Lipinski definition) is 4. The lowest BCUT2D eigenvalue weighted by atomic mass is 10.2. The largest absolute Gasteiger partial charge is 0.340 e. The van der Waals surface area contributed by atoms with E-state index in [2.05, 4.69) is 43.1 Å². The minimum absolute atomic E-state index is 0.280. The predicted octanol–water partition coefficient (Wildman–Crippen LogP) is 0.328. The summed E-state index contributed by atoms with van der Waals surface area (Å²) in [5, 5.41) is 3.38. The number of nitrogens with zero attached hydrogens (tertiary/aromatic N) is 3. The van der Waals surface area contributed by atoms with E-state index in [0.717, 1.165) is 52.2 Å². The third-order valence-electron chi connectivity index (χ3n) is 3.55. The van der Waals surface area contributed by atoms with Crippen molar-refractivity contribution in [2.45, 2.75) is 20.3 Å². The molecule has 0 aliphatic carbocycles. The Morgan fingerprint density at radius 2 is 1.95 bits per heavy atom. The lowest BCUT2D eigenvalue weighted by Crippen LogP contribution is -2.45. The first-order valence-electron chi connectivity index (χ1n) is 7.84. The van der Waals surface area contributed by atoms with Gasteiger partial charge in [0.2, 0.25) is 5.91 Å². The minimum atomic E-state index is 0.280. The summed E-state index contributed by atoms with van der Waals surface area (Å²) < 4.78 is 0. The molecule has 0 radical (unpaired) electrons. The van der Waals surface area contributed by atoms with Crippen molar-refractivity contribution in [1.82, 2.24) is 20.0 Å². The number of amides is 1. The van der Waals surface area contributed by atoms with Gasteiger partial charge in [-0.05, 0) is 39.5 Å². The average molecular weight is 284 g/mol. The predicted molar refractivity (Wildman–Crippen MR) is 83.9 cm³/mol. The molecule has 1 heterocycles. The zero-order valence-electron chi connectivity index (χ0n) is 13.7. The van der Waals surface area contributed by atoms with Crippen LogP contribution in [-0.2, 0) is 4.79 Å². The van der Waals surface area contributed by atoms with E-state index >= 15 is 0 Å². The summed E-state index contributed by atoms with van der Waals surface area (Å²) in [5.41, 5.74) is 0. The summed E-state index contributed by atoms with van der Waals surface area (Å²) in [5.74, 6) is 0.800. The number of hydrogen-bond donors (Lipinski definition) is 1. The van der Waals surface area contributed by atoms with Crippen LogP contribution in [0.2, 0.25) is 0 Å². The fraction of sp³-hybridized carbons (Fsp3) is 0.933. The highest BCUT2D eigenvalue weighted by atomic mass is 16.2. The molecule has 1 amide bonds. The van der Waals surface area contributed by atoms with Gasteiger partial charge in [0.25, 0.3) is 0 Å². The van der Waals surface area contributed by atoms with Crippen LogP contribution in [-0.4, -0.2) is 87.1 Å². The van der Waals surface area contributed by atoms with Crippen LogP contribution in [0.3, 0.4) is 0 Å². The van der Waals surface area contributed by atoms with Crippen LogP contribution in [0.1, 0.15) is 20.3 Å². The van der Waals surface area contributed by atoms with Crippen LogP contribution in [0.25, 0.3) is 0 Å². The second-order valence-electron chi connectivity index (χ2n) is 6.42. The summed E-state index contributed by atoms with van der Waals surface area (Å²) in [6.07, 6.45) is 1.13. The topological polar surface area (TPSA) is 38.8 Å². The van der Waals surface area contributed by atoms with Crippen LogP contribution in [0.5, 0.6) is 0 Å². The Hall–Kier alpha value is -0.650. The Labute approximate surface area is 124 Å². The first kappa shape index (κ1) is 17.4. The molecule has 1 rings (SSSR count). The highest BCUT2D eigenvalue weighted by Crippen LogP contribution is 2.03. The van der Waals surface area contributed by atoms with Crippen molar-refractivity contribution in [2.24, 2.45) is 5.92 Å². The summed E-state index contributed by atoms with van der Waals surface area (Å²) in [7, 11) is 4.11. The lowest BCUT2D eigenvalue weighted by molar-refractivity contribution is -0.133. The first-order valence-corrected chi connectivity index (χ1v) is 7.84. The molecular weight excluding hydrogens is 252 g/mol. The third kappa shape index (κ3) is 7.22. The zero-order chi connectivity index (χ0) is 15.0. The maximum atomic E-state index is 12.5. The standard InChI is InChI=1S/C15H32N4O/c1-14(2)12-19(11-10-17(3)4)15(20)13-18-8-5-6-16-7-9-18/h14,16H,5-13H2,1-4H3. The van der Waals surface area contributed by atoms with Gasteiger partial charge in [-0.3, -0.25) is 9.69 Å². The molecule has 0 saturated carbocycles. The number of carbonyl (C=O) groups is 1. The second kappa shape index (κ2) is 9.32. The molecule has 0 aromatic rings. The van der Waals surface area contributed by atoms with E-state index in [1.165, 1.54) is 0 Å². The van der Waals surface area contributed by atoms with Crippen molar-refractivity contribution >= 4 is 5.91 Å². The van der Waals surface area contributed by atoms with E-state index in [1.807, 2.05) is 4.90 Å². The molecule has 0 aromatic heterocycles. The molecule has 1 N–H and O–H groups in total. The molecule has 0 aromatic carbocycles. The third-order valence-corrected chi connectivity index (χ3v) is 3.55. The van der Waals surface area contributed by atoms with E-state index in [9.17, 15) is 4.79 Å². The monoisotopic (exact) mass is 284 g/mol. The molecule has 118 valence electrons. The van der Waals surface area contributed by atoms with Crippen LogP contribution < -0.4 is 5.32 Å². The normalized spacial score (nSPS) is 17.5. The molecule has 20 heavy (non-hydrogen) atoms. The number of rotatable bonds is 7. The Morgan fingerprint density at radius 3 is 2.60 bits per heavy atom. The maximum absolute atomic E-state index is 12.5. The highest BCUT2D eigenvalue weighted by Gasteiger charge is 2.19. The minimum Gasteiger partial charge on any atom is -0.340 e. The van der Waals surface area contributed by atoms with Crippen molar-refractivity contribution in [1.29, 1.82) is 0 Å². The van der Waals surface area contributed by atoms with Crippen molar-refractivity contribution in [3.8, 4) is 0 Å². The van der Waals surface area contributed by atoms with Crippen molar-refractivity contribution < 1.29 is 4.79 Å². The number of likely N-dealkylation sites (N-methyl/N-ethyl adjacent to an activating group) is 1. The molecule has 1 fully saturated rings. The van der Waals surface area contributed by atoms with E-state index < -0.39 is 0 Å². The number of carbonyl (C=O) groups excluding carboxylic acids is 1. The second-order valence-corrected chi connectivity index (χ2v) is 6.42. The van der Waals surface area contributed by atoms with Gasteiger partial charge in [-0.1, -0.05) is 13.8 Å². The van der Waals surface area contributed by atoms with Gasteiger partial charge in [-0.2, -0.15) is 0 Å². The summed E-state index contributed by atoms with van der Waals surface area (Å²) in [4.78, 5) is 19.0. The van der Waals surface area contributed by atoms with Gasteiger partial charge in [-0.15, -0.1) is 0 Å². The molecule has 0 spiro atoms. The highest BCUT2D eigenvalue weighted by molar-refractivity contribution is 5.78. The molecule has 1 aliphatic rings. The summed E-state index contributed by atoms with van der Waals surface area (Å²) >= 11 is 0. The van der Waals surface area contributed by atoms with Gasteiger partial charge in [0.15, 0.2) is 0 Å². The molecule has 5 nitrogen and oxygen atoms in total. The number of nitrogens with one attached hydrogen (secondary N) is 1. The van der Waals surface area contributed by atoms with Crippen molar-refractivity contribution in [2.75, 3.05) is 66.5 Å². The quantitative estimate of drug-likeness (QED) is 0.731. The molecule has 0 bridgehead atoms. The molecule has 1 aliphatic heterocycles. The van der Waals surface area contributed by atoms with Crippen molar-refractivity contribution in [3.05, 3.63) is 0 Å². The lowest BCUT2D eigenvalue weighted by Gasteiger charge is -2.29. The Bertz CT molecular complexity index is 273. The molecule has 0 unspecified atom stereocenters. The smallest absolute Gasteiger partial charge is 0.236 e. The van der Waals surface area contributed by atoms with Gasteiger partial charge < -0.3 is 15.1 Å². The zero-order valence-corrected chi connectivity index (χ0v) is 13.7. The van der Waals surface area contributed by atoms with E-state index in [0.29, 0.717) is 12.5 Å². The van der Waals surface area contributed by atoms with E-state index in [1.54, 1.807) is 0 Å². The Morgan fingerprint density at radius 1 is 1.20 bits per heavy atom. The molecule has 1 saturated heterocycles. The van der Waals surface area contributed by atoms with Gasteiger partial charge in [-0.25, -0.2) is 0 Å². The van der Waals surface area contributed by atoms with Crippen LogP contribution in [0.15, 0.2) is 0 Å². The molecular formula is C15H32N4O. The van der Waals surface area contributed by atoms with Crippen LogP contribution in [0, 0.1) is 5.92 Å². The van der Waals surface area contributed by atoms with E-state index in [-0.39, 0.29) is 5.91 Å². The first-order chi connectivity index (χ1) is 9.49. The van der Waals surface area contributed by atoms with Gasteiger partial charge in [0, 0.05) is 32.7 Å². The Kier molecular flexibility index (Phi) is 8.11. The van der Waals surface area contributed by atoms with Gasteiger partial charge >= 0.3 is 0 Å². The SMILES string of the molecule is CC(C)CN(CCN(C)C)C(=O)CN1CCCNCC1. The molecule has 0 atom stereocenters. The van der Waals surface area contributed by atoms with Crippen LogP contribution in [0.4, 0.5) is 0 Å².